The molecule has 3 N–H and O–H groups in total. The molecule has 0 aliphatic carbocycles. The largest absolute Gasteiger partial charge is 0.401 e. The number of sulfonamides is 1. The molecule has 0 saturated carbocycles. The maximum Gasteiger partial charge on any atom is 0.401 e. The van der Waals surface area contributed by atoms with Gasteiger partial charge in [0.15, 0.2) is 5.82 Å². The zero-order chi connectivity index (χ0) is 43.0. The molecule has 1 aromatic heterocycles. The second-order valence-electron chi connectivity index (χ2n) is 14.4. The average Bonchev–Trinajstić information content (AvgIpc) is 3.25. The fourth-order valence-electron chi connectivity index (χ4n) is 7.07. The van der Waals surface area contributed by atoms with Crippen LogP contribution in [0, 0.1) is 10.1 Å². The summed E-state index contributed by atoms with van der Waals surface area (Å²) in [6.07, 6.45) is -2.93. The van der Waals surface area contributed by atoms with E-state index < -0.39 is 39.4 Å². The summed E-state index contributed by atoms with van der Waals surface area (Å²) < 4.78 is 68.2. The van der Waals surface area contributed by atoms with E-state index in [4.69, 9.17) is 11.6 Å². The van der Waals surface area contributed by atoms with Gasteiger partial charge in [0.05, 0.1) is 21.9 Å². The number of alkyl halides is 3. The third-order valence-corrected chi connectivity index (χ3v) is 12.9. The number of piperazine rings is 1. The minimum Gasteiger partial charge on any atom is -0.376 e. The molecule has 0 unspecified atom stereocenters. The number of rotatable bonds is 17. The predicted octanol–water partition coefficient (Wildman–Crippen LogP) is 9.10. The molecule has 18 heteroatoms. The van der Waals surface area contributed by atoms with Crippen LogP contribution in [-0.2, 0) is 16.6 Å². The molecule has 1 saturated heterocycles. The summed E-state index contributed by atoms with van der Waals surface area (Å²) in [5.74, 6) is 0.380. The molecule has 1 aliphatic rings. The van der Waals surface area contributed by atoms with Crippen LogP contribution in [0.3, 0.4) is 0 Å². The van der Waals surface area contributed by atoms with E-state index in [0.29, 0.717) is 21.7 Å². The number of fused-ring (bicyclic) bond motifs is 1. The Balaban J connectivity index is 1.02. The number of nitro groups is 1. The van der Waals surface area contributed by atoms with E-state index in [1.165, 1.54) is 41.3 Å². The minimum absolute atomic E-state index is 0.00920. The molecule has 0 amide bonds. The summed E-state index contributed by atoms with van der Waals surface area (Å²) in [6, 6.07) is 34.0. The number of nitrogens with one attached hydrogen (secondary N) is 3. The zero-order valence-electron chi connectivity index (χ0n) is 32.7. The first kappa shape index (κ1) is 43.6. The molecule has 12 nitrogen and oxygen atoms in total. The Morgan fingerprint density at radius 1 is 0.885 bits per heavy atom. The molecular formula is C43H42ClF3N8O4S2. The van der Waals surface area contributed by atoms with E-state index in [-0.39, 0.29) is 29.4 Å². The van der Waals surface area contributed by atoms with Crippen LogP contribution < -0.4 is 20.3 Å². The summed E-state index contributed by atoms with van der Waals surface area (Å²) in [4.78, 5) is 25.4. The summed E-state index contributed by atoms with van der Waals surface area (Å²) in [5, 5.41) is 18.9. The Morgan fingerprint density at radius 3 is 2.36 bits per heavy atom. The van der Waals surface area contributed by atoms with Crippen molar-refractivity contribution >= 4 is 67.2 Å². The molecule has 0 bridgehead atoms. The van der Waals surface area contributed by atoms with Gasteiger partial charge >= 0.3 is 6.18 Å². The lowest BCUT2D eigenvalue weighted by Gasteiger charge is -2.36. The second kappa shape index (κ2) is 19.5. The van der Waals surface area contributed by atoms with Crippen LogP contribution in [-0.4, -0.2) is 85.4 Å². The third-order valence-electron chi connectivity index (χ3n) is 10.2. The zero-order valence-corrected chi connectivity index (χ0v) is 35.1. The van der Waals surface area contributed by atoms with Crippen molar-refractivity contribution in [1.29, 1.82) is 0 Å². The van der Waals surface area contributed by atoms with E-state index >= 15 is 0 Å². The van der Waals surface area contributed by atoms with Gasteiger partial charge in [0.2, 0.25) is 0 Å². The van der Waals surface area contributed by atoms with E-state index in [0.717, 1.165) is 54.9 Å². The van der Waals surface area contributed by atoms with Crippen molar-refractivity contribution in [2.75, 3.05) is 60.0 Å². The van der Waals surface area contributed by atoms with Crippen molar-refractivity contribution in [2.45, 2.75) is 35.0 Å². The van der Waals surface area contributed by atoms with Crippen LogP contribution in [0.5, 0.6) is 0 Å². The van der Waals surface area contributed by atoms with Crippen LogP contribution in [0.4, 0.5) is 36.1 Å². The van der Waals surface area contributed by atoms with E-state index in [1.807, 2.05) is 72.8 Å². The number of halogens is 4. The van der Waals surface area contributed by atoms with Gasteiger partial charge in [0.25, 0.3) is 15.7 Å². The highest BCUT2D eigenvalue weighted by molar-refractivity contribution is 7.99. The van der Waals surface area contributed by atoms with Gasteiger partial charge in [-0.2, -0.15) is 13.2 Å². The van der Waals surface area contributed by atoms with Crippen LogP contribution >= 0.6 is 23.4 Å². The summed E-state index contributed by atoms with van der Waals surface area (Å²) in [7, 11) is -4.38. The van der Waals surface area contributed by atoms with Crippen LogP contribution in [0.1, 0.15) is 12.0 Å². The number of hydrogen-bond acceptors (Lipinski definition) is 11. The van der Waals surface area contributed by atoms with Crippen LogP contribution in [0.15, 0.2) is 131 Å². The highest BCUT2D eigenvalue weighted by Gasteiger charge is 2.28. The van der Waals surface area contributed by atoms with E-state index in [9.17, 15) is 31.7 Å². The van der Waals surface area contributed by atoms with Gasteiger partial charge in [-0.1, -0.05) is 66.2 Å². The normalized spacial score (nSPS) is 14.2. The summed E-state index contributed by atoms with van der Waals surface area (Å²) in [6.45, 7) is 2.81. The molecule has 1 fully saturated rings. The lowest BCUT2D eigenvalue weighted by molar-refractivity contribution is -0.384. The molecule has 1 atom stereocenters. The highest BCUT2D eigenvalue weighted by Crippen LogP contribution is 2.33. The van der Waals surface area contributed by atoms with Crippen molar-refractivity contribution in [3.63, 3.8) is 0 Å². The van der Waals surface area contributed by atoms with Crippen molar-refractivity contribution in [2.24, 2.45) is 0 Å². The van der Waals surface area contributed by atoms with Gasteiger partial charge in [-0.25, -0.2) is 18.4 Å². The Hall–Kier alpha value is -5.46. The minimum atomic E-state index is -4.39. The maximum atomic E-state index is 13.7. The Bertz CT molecular complexity index is 2570. The molecule has 6 aromatic rings. The molecule has 61 heavy (non-hydrogen) atoms. The summed E-state index contributed by atoms with van der Waals surface area (Å²) in [5.41, 5.74) is 4.47. The van der Waals surface area contributed by atoms with Gasteiger partial charge in [-0.3, -0.25) is 19.7 Å². The molecule has 7 rings (SSSR count). The van der Waals surface area contributed by atoms with Crippen molar-refractivity contribution < 1.29 is 26.5 Å². The molecule has 0 radical (unpaired) electrons. The number of hydrogen-bond donors (Lipinski definition) is 3. The van der Waals surface area contributed by atoms with Crippen molar-refractivity contribution in [1.82, 2.24) is 20.2 Å². The fourth-order valence-corrected chi connectivity index (χ4v) is 9.24. The molecule has 1 aliphatic heterocycles. The average molecular weight is 891 g/mol. The van der Waals surface area contributed by atoms with Gasteiger partial charge < -0.3 is 15.5 Å². The van der Waals surface area contributed by atoms with Gasteiger partial charge in [-0.05, 0) is 84.3 Å². The number of nitrogens with zero attached hydrogens (tertiary/aromatic N) is 5. The number of benzene rings is 5. The SMILES string of the molecule is O=[N+]([O-])c1cc(S(=O)(=O)Nc2ncnc3cc(N4CCN(Cc5ccccc5-c5ccc(Cl)cc5)CC4)ccc23)ccc1N[C@H](CCNCC(F)(F)F)CSc1ccccc1. The van der Waals surface area contributed by atoms with Gasteiger partial charge in [0, 0.05) is 71.6 Å². The lowest BCUT2D eigenvalue weighted by Crippen LogP contribution is -2.46. The Morgan fingerprint density at radius 2 is 1.62 bits per heavy atom. The fraction of sp³-hybridized carbons (Fsp3) is 0.256. The first-order chi connectivity index (χ1) is 29.3. The first-order valence-corrected chi connectivity index (χ1v) is 22.2. The van der Waals surface area contributed by atoms with Crippen LogP contribution in [0.2, 0.25) is 5.02 Å². The van der Waals surface area contributed by atoms with Crippen molar-refractivity contribution in [3.8, 4) is 11.1 Å². The summed E-state index contributed by atoms with van der Waals surface area (Å²) >= 11 is 7.56. The molecule has 2 heterocycles. The maximum absolute atomic E-state index is 13.7. The smallest absolute Gasteiger partial charge is 0.376 e. The monoisotopic (exact) mass is 890 g/mol. The highest BCUT2D eigenvalue weighted by atomic mass is 35.5. The molecule has 5 aromatic carbocycles. The quantitative estimate of drug-likeness (QED) is 0.0349. The number of aromatic nitrogens is 2. The number of nitro benzene ring substituents is 1. The Kier molecular flexibility index (Phi) is 13.9. The van der Waals surface area contributed by atoms with Gasteiger partial charge in [0.1, 0.15) is 12.0 Å². The predicted molar refractivity (Wildman–Crippen MR) is 236 cm³/mol. The number of thioether (sulfide) groups is 1. The lowest BCUT2D eigenvalue weighted by atomic mass is 9.99. The first-order valence-electron chi connectivity index (χ1n) is 19.4. The topological polar surface area (TPSA) is 146 Å². The van der Waals surface area contributed by atoms with Crippen molar-refractivity contribution in [3.05, 3.63) is 142 Å². The Labute approximate surface area is 360 Å². The van der Waals surface area contributed by atoms with Crippen LogP contribution in [0.25, 0.3) is 22.0 Å². The molecule has 0 spiro atoms. The van der Waals surface area contributed by atoms with E-state index in [2.05, 4.69) is 53.3 Å². The standard InChI is InChI=1S/C43H42ClF3N8O4S2/c44-32-12-10-30(11-13-32)37-9-5-4-6-31(37)26-53-20-22-54(23-21-53)34-14-16-38-40(24-34)49-29-50-42(38)52-61(58,59)36-15-17-39(41(25-36)55(56)57)51-33(18-19-48-28-43(45,46)47)27-60-35-7-2-1-3-8-35/h1-17,24-25,29,33,48,51H,18-23,26-28H2,(H,49,50,52)/t33-/m1/s1. The second-order valence-corrected chi connectivity index (χ2v) is 17.7. The van der Waals surface area contributed by atoms with E-state index in [1.54, 1.807) is 6.07 Å². The molecular weight excluding hydrogens is 849 g/mol. The number of anilines is 3. The molecule has 318 valence electrons. The third kappa shape index (κ3) is 11.7. The van der Waals surface area contributed by atoms with Gasteiger partial charge in [-0.15, -0.1) is 11.8 Å².